The van der Waals surface area contributed by atoms with Crippen molar-refractivity contribution in [2.45, 2.75) is 6.54 Å². The van der Waals surface area contributed by atoms with Crippen LogP contribution < -0.4 is 15.5 Å². The first-order valence-electron chi connectivity index (χ1n) is 8.34. The van der Waals surface area contributed by atoms with Crippen LogP contribution in [0.1, 0.15) is 5.56 Å². The molecule has 1 aliphatic rings. The number of benzene rings is 1. The molecule has 6 nitrogen and oxygen atoms in total. The smallest absolute Gasteiger partial charge is 0.107 e. The van der Waals surface area contributed by atoms with E-state index in [0.29, 0.717) is 11.6 Å². The van der Waals surface area contributed by atoms with E-state index in [4.69, 9.17) is 11.6 Å². The number of rotatable bonds is 4. The lowest BCUT2D eigenvalue weighted by atomic mass is 10.2. The molecule has 0 aliphatic carbocycles. The second kappa shape index (κ2) is 7.21. The van der Waals surface area contributed by atoms with Gasteiger partial charge >= 0.3 is 0 Å². The number of hydrogen-bond donors (Lipinski definition) is 2. The average molecular weight is 355 g/mol. The monoisotopic (exact) mass is 354 g/mol. The lowest BCUT2D eigenvalue weighted by molar-refractivity contribution is 0.589. The van der Waals surface area contributed by atoms with Crippen LogP contribution in [0.3, 0.4) is 0 Å². The van der Waals surface area contributed by atoms with Gasteiger partial charge < -0.3 is 15.5 Å². The third-order valence-corrected chi connectivity index (χ3v) is 4.61. The van der Waals surface area contributed by atoms with Crippen molar-refractivity contribution in [3.63, 3.8) is 0 Å². The number of fused-ring (bicyclic) bond motifs is 1. The van der Waals surface area contributed by atoms with Gasteiger partial charge in [-0.25, -0.2) is 0 Å². The lowest BCUT2D eigenvalue weighted by Gasteiger charge is -2.31. The molecule has 1 aromatic carbocycles. The number of piperazine rings is 1. The highest BCUT2D eigenvalue weighted by atomic mass is 35.5. The van der Waals surface area contributed by atoms with Gasteiger partial charge in [0.1, 0.15) is 5.52 Å². The highest BCUT2D eigenvalue weighted by Crippen LogP contribution is 2.27. The van der Waals surface area contributed by atoms with Crippen LogP contribution in [0.25, 0.3) is 11.0 Å². The van der Waals surface area contributed by atoms with Gasteiger partial charge in [-0.1, -0.05) is 11.6 Å². The molecule has 3 heterocycles. The zero-order valence-electron chi connectivity index (χ0n) is 13.7. The summed E-state index contributed by atoms with van der Waals surface area (Å²) in [5, 5.41) is 7.49. The molecule has 3 aromatic rings. The lowest BCUT2D eigenvalue weighted by Crippen LogP contribution is -2.43. The summed E-state index contributed by atoms with van der Waals surface area (Å²) >= 11 is 6.34. The van der Waals surface area contributed by atoms with Gasteiger partial charge in [-0.2, -0.15) is 0 Å². The minimum absolute atomic E-state index is 0.621. The topological polar surface area (TPSA) is 66.0 Å². The maximum atomic E-state index is 6.34. The molecular formula is C18H19ClN6. The van der Waals surface area contributed by atoms with Gasteiger partial charge in [0.2, 0.25) is 0 Å². The Labute approximate surface area is 151 Å². The van der Waals surface area contributed by atoms with Crippen molar-refractivity contribution in [2.24, 2.45) is 0 Å². The molecule has 0 spiro atoms. The van der Waals surface area contributed by atoms with Crippen molar-refractivity contribution in [3.8, 4) is 0 Å². The van der Waals surface area contributed by atoms with Gasteiger partial charge in [0.05, 0.1) is 28.1 Å². The molecule has 1 aliphatic heterocycles. The summed E-state index contributed by atoms with van der Waals surface area (Å²) in [5.41, 5.74) is 4.81. The number of nitrogens with zero attached hydrogens (tertiary/aromatic N) is 4. The van der Waals surface area contributed by atoms with Gasteiger partial charge in [-0.15, -0.1) is 0 Å². The minimum Gasteiger partial charge on any atom is -0.378 e. The van der Waals surface area contributed by atoms with E-state index >= 15 is 0 Å². The number of pyridine rings is 1. The summed E-state index contributed by atoms with van der Waals surface area (Å²) in [4.78, 5) is 15.3. The van der Waals surface area contributed by atoms with E-state index < -0.39 is 0 Å². The largest absolute Gasteiger partial charge is 0.378 e. The van der Waals surface area contributed by atoms with Gasteiger partial charge in [0.15, 0.2) is 0 Å². The Morgan fingerprint density at radius 1 is 1.12 bits per heavy atom. The summed E-state index contributed by atoms with van der Waals surface area (Å²) < 4.78 is 0. The Morgan fingerprint density at radius 3 is 2.84 bits per heavy atom. The Bertz CT molecular complexity index is 878. The minimum atomic E-state index is 0.621. The molecule has 1 fully saturated rings. The molecule has 0 bridgehead atoms. The summed E-state index contributed by atoms with van der Waals surface area (Å²) in [7, 11) is 0. The fourth-order valence-corrected chi connectivity index (χ4v) is 3.38. The van der Waals surface area contributed by atoms with Crippen molar-refractivity contribution in [2.75, 3.05) is 36.4 Å². The number of nitrogens with one attached hydrogen (secondary N) is 2. The third kappa shape index (κ3) is 3.50. The number of halogens is 1. The van der Waals surface area contributed by atoms with Crippen molar-refractivity contribution in [1.29, 1.82) is 0 Å². The molecule has 25 heavy (non-hydrogen) atoms. The van der Waals surface area contributed by atoms with Gasteiger partial charge in [0, 0.05) is 51.3 Å². The molecule has 1 saturated heterocycles. The van der Waals surface area contributed by atoms with E-state index in [1.807, 2.05) is 24.5 Å². The van der Waals surface area contributed by atoms with E-state index in [-0.39, 0.29) is 0 Å². The fraction of sp³-hybridized carbons (Fsp3) is 0.278. The molecule has 2 N–H and O–H groups in total. The van der Waals surface area contributed by atoms with E-state index in [2.05, 4.69) is 36.6 Å². The first-order chi connectivity index (χ1) is 12.3. The molecule has 0 unspecified atom stereocenters. The zero-order valence-corrected chi connectivity index (χ0v) is 14.5. The summed E-state index contributed by atoms with van der Waals surface area (Å²) in [6.07, 6.45) is 7.05. The number of hydrogen-bond acceptors (Lipinski definition) is 6. The Hall–Kier alpha value is -2.44. The molecule has 0 amide bonds. The fourth-order valence-electron chi connectivity index (χ4n) is 3.09. The zero-order chi connectivity index (χ0) is 17.1. The van der Waals surface area contributed by atoms with Gasteiger partial charge in [-0.3, -0.25) is 15.0 Å². The van der Waals surface area contributed by atoms with Crippen LogP contribution in [-0.4, -0.2) is 41.1 Å². The number of anilines is 2. The second-order valence-corrected chi connectivity index (χ2v) is 6.39. The van der Waals surface area contributed by atoms with Crippen molar-refractivity contribution >= 4 is 34.0 Å². The number of aromatic nitrogens is 3. The summed E-state index contributed by atoms with van der Waals surface area (Å²) in [5.74, 6) is 0. The molecule has 128 valence electrons. The predicted octanol–water partition coefficient (Wildman–Crippen LogP) is 2.70. The van der Waals surface area contributed by atoms with Gasteiger partial charge in [-0.05, 0) is 23.8 Å². The first kappa shape index (κ1) is 16.1. The predicted molar refractivity (Wildman–Crippen MR) is 101 cm³/mol. The van der Waals surface area contributed by atoms with Crippen LogP contribution in [0, 0.1) is 0 Å². The highest BCUT2D eigenvalue weighted by molar-refractivity contribution is 6.34. The van der Waals surface area contributed by atoms with Crippen molar-refractivity contribution in [1.82, 2.24) is 20.3 Å². The van der Waals surface area contributed by atoms with E-state index in [1.54, 1.807) is 12.4 Å². The summed E-state index contributed by atoms with van der Waals surface area (Å²) in [6, 6.07) is 6.01. The average Bonchev–Trinajstić information content (AvgIpc) is 2.67. The molecule has 0 saturated carbocycles. The van der Waals surface area contributed by atoms with Crippen LogP contribution in [0.4, 0.5) is 11.4 Å². The summed E-state index contributed by atoms with van der Waals surface area (Å²) in [6.45, 7) is 4.64. The molecule has 7 heteroatoms. The molecule has 0 atom stereocenters. The van der Waals surface area contributed by atoms with Crippen LogP contribution in [0.5, 0.6) is 0 Å². The van der Waals surface area contributed by atoms with E-state index in [9.17, 15) is 0 Å². The first-order valence-corrected chi connectivity index (χ1v) is 8.72. The quantitative estimate of drug-likeness (QED) is 0.751. The SMILES string of the molecule is Clc1cc(CNc2cnccc2N2CCNCC2)cc2nccnc12. The highest BCUT2D eigenvalue weighted by Gasteiger charge is 2.14. The standard InChI is InChI=1S/C18H19ClN6/c19-14-9-13(10-15-18(14)23-4-3-22-15)11-24-16-12-21-2-1-17(16)25-7-5-20-6-8-25/h1-4,9-10,12,20,24H,5-8,11H2. The Balaban J connectivity index is 1.55. The van der Waals surface area contributed by atoms with Crippen molar-refractivity contribution < 1.29 is 0 Å². The van der Waals surface area contributed by atoms with Crippen molar-refractivity contribution in [3.05, 3.63) is 53.6 Å². The van der Waals surface area contributed by atoms with Crippen LogP contribution in [0.2, 0.25) is 5.02 Å². The molecular weight excluding hydrogens is 336 g/mol. The van der Waals surface area contributed by atoms with Crippen LogP contribution >= 0.6 is 11.6 Å². The van der Waals surface area contributed by atoms with E-state index in [0.717, 1.165) is 48.5 Å². The van der Waals surface area contributed by atoms with E-state index in [1.165, 1.54) is 5.69 Å². The maximum absolute atomic E-state index is 6.34. The Kier molecular flexibility index (Phi) is 4.63. The second-order valence-electron chi connectivity index (χ2n) is 5.99. The normalized spacial score (nSPS) is 14.7. The third-order valence-electron chi connectivity index (χ3n) is 4.33. The molecule has 0 radical (unpaired) electrons. The molecule has 2 aromatic heterocycles. The molecule has 4 rings (SSSR count). The van der Waals surface area contributed by atoms with Gasteiger partial charge in [0.25, 0.3) is 0 Å². The van der Waals surface area contributed by atoms with Crippen LogP contribution in [-0.2, 0) is 6.54 Å². The van der Waals surface area contributed by atoms with Crippen LogP contribution in [0.15, 0.2) is 43.0 Å². The maximum Gasteiger partial charge on any atom is 0.107 e. The Morgan fingerprint density at radius 2 is 1.96 bits per heavy atom.